The monoisotopic (exact) mass is 537 g/mol. The quantitative estimate of drug-likeness (QED) is 0.218. The van der Waals surface area contributed by atoms with E-state index in [0.29, 0.717) is 37.7 Å². The summed E-state index contributed by atoms with van der Waals surface area (Å²) < 4.78 is 33.6. The molecule has 1 saturated heterocycles. The standard InChI is InChI=1S/C29H47NO8/c1-9-10-17-36-27(32)37-20-29(22-12-13-24(34-8)25(19-22)35-18-11-16-33-7)23(21(2)3)14-15-30(29)26(31)38-28(4,5)6/h12-13,19,21,23H,9-11,14-18,20H2,1-8H3. The molecule has 0 spiro atoms. The minimum absolute atomic E-state index is 0.0202. The van der Waals surface area contributed by atoms with Crippen LogP contribution in [0.25, 0.3) is 0 Å². The van der Waals surface area contributed by atoms with Crippen LogP contribution in [0.15, 0.2) is 18.2 Å². The molecule has 2 rings (SSSR count). The lowest BCUT2D eigenvalue weighted by Crippen LogP contribution is -2.54. The van der Waals surface area contributed by atoms with Crippen LogP contribution < -0.4 is 9.47 Å². The number of likely N-dealkylation sites (tertiary alicyclic amines) is 1. The summed E-state index contributed by atoms with van der Waals surface area (Å²) in [6, 6.07) is 5.62. The van der Waals surface area contributed by atoms with Crippen molar-refractivity contribution >= 4 is 12.2 Å². The number of carbonyl (C=O) groups excluding carboxylic acids is 2. The Morgan fingerprint density at radius 2 is 1.79 bits per heavy atom. The number of hydrogen-bond acceptors (Lipinski definition) is 8. The number of ether oxygens (including phenoxy) is 6. The Morgan fingerprint density at radius 3 is 2.39 bits per heavy atom. The summed E-state index contributed by atoms with van der Waals surface area (Å²) in [6.07, 6.45) is 1.88. The number of rotatable bonds is 13. The zero-order chi connectivity index (χ0) is 28.3. The van der Waals surface area contributed by atoms with Crippen LogP contribution in [0.2, 0.25) is 0 Å². The largest absolute Gasteiger partial charge is 0.508 e. The molecule has 1 fully saturated rings. The fourth-order valence-corrected chi connectivity index (χ4v) is 4.96. The third kappa shape index (κ3) is 8.16. The second kappa shape index (κ2) is 14.5. The van der Waals surface area contributed by atoms with Gasteiger partial charge in [0.25, 0.3) is 0 Å². The smallest absolute Gasteiger partial charge is 0.493 e. The minimum Gasteiger partial charge on any atom is -0.493 e. The highest BCUT2D eigenvalue weighted by molar-refractivity contribution is 5.71. The number of methoxy groups -OCH3 is 2. The Morgan fingerprint density at radius 1 is 1.05 bits per heavy atom. The molecule has 0 bridgehead atoms. The summed E-state index contributed by atoms with van der Waals surface area (Å²) in [5, 5.41) is 0. The average Bonchev–Trinajstić information content (AvgIpc) is 3.25. The predicted octanol–water partition coefficient (Wildman–Crippen LogP) is 6.17. The summed E-state index contributed by atoms with van der Waals surface area (Å²) in [5.41, 5.74) is -0.894. The molecule has 9 heteroatoms. The number of benzene rings is 1. The number of unbranched alkanes of at least 4 members (excludes halogenated alkanes) is 1. The maximum atomic E-state index is 13.6. The Bertz CT molecular complexity index is 897. The average molecular weight is 538 g/mol. The summed E-state index contributed by atoms with van der Waals surface area (Å²) in [4.78, 5) is 27.9. The Kier molecular flexibility index (Phi) is 12.0. The van der Waals surface area contributed by atoms with Gasteiger partial charge in [-0.05, 0) is 63.1 Å². The fraction of sp³-hybridized carbons (Fsp3) is 0.724. The van der Waals surface area contributed by atoms with Crippen molar-refractivity contribution in [1.82, 2.24) is 4.90 Å². The number of amides is 1. The van der Waals surface area contributed by atoms with Crippen LogP contribution in [0.5, 0.6) is 11.5 Å². The van der Waals surface area contributed by atoms with Crippen LogP contribution in [-0.2, 0) is 24.5 Å². The van der Waals surface area contributed by atoms with Crippen molar-refractivity contribution in [2.75, 3.05) is 47.2 Å². The molecule has 1 aliphatic rings. The molecule has 2 unspecified atom stereocenters. The van der Waals surface area contributed by atoms with Crippen molar-refractivity contribution in [3.63, 3.8) is 0 Å². The van der Waals surface area contributed by atoms with E-state index < -0.39 is 23.4 Å². The van der Waals surface area contributed by atoms with E-state index >= 15 is 0 Å². The van der Waals surface area contributed by atoms with Crippen LogP contribution in [0.1, 0.15) is 72.8 Å². The maximum absolute atomic E-state index is 13.6. The molecule has 2 atom stereocenters. The summed E-state index contributed by atoms with van der Waals surface area (Å²) in [6.45, 7) is 13.4. The van der Waals surface area contributed by atoms with Gasteiger partial charge in [-0.1, -0.05) is 33.3 Å². The van der Waals surface area contributed by atoms with Crippen LogP contribution in [0.3, 0.4) is 0 Å². The first-order valence-electron chi connectivity index (χ1n) is 13.6. The molecule has 38 heavy (non-hydrogen) atoms. The molecule has 9 nitrogen and oxygen atoms in total. The zero-order valence-corrected chi connectivity index (χ0v) is 24.5. The van der Waals surface area contributed by atoms with E-state index in [2.05, 4.69) is 13.8 Å². The summed E-state index contributed by atoms with van der Waals surface area (Å²) in [5.74, 6) is 1.28. The zero-order valence-electron chi connectivity index (χ0n) is 24.5. The van der Waals surface area contributed by atoms with Gasteiger partial charge in [-0.2, -0.15) is 0 Å². The molecule has 1 amide bonds. The SMILES string of the molecule is CCCCOC(=O)OCC1(c2ccc(OC)c(OCCCOC)c2)C(C(C)C)CCN1C(=O)OC(C)(C)C. The maximum Gasteiger partial charge on any atom is 0.508 e. The van der Waals surface area contributed by atoms with Gasteiger partial charge in [0.1, 0.15) is 17.7 Å². The van der Waals surface area contributed by atoms with E-state index in [1.54, 1.807) is 19.1 Å². The molecule has 0 aliphatic carbocycles. The molecule has 1 aromatic rings. The van der Waals surface area contributed by atoms with Gasteiger partial charge in [-0.15, -0.1) is 0 Å². The van der Waals surface area contributed by atoms with E-state index in [9.17, 15) is 9.59 Å². The first-order valence-corrected chi connectivity index (χ1v) is 13.6. The lowest BCUT2D eigenvalue weighted by atomic mass is 9.73. The van der Waals surface area contributed by atoms with Gasteiger partial charge < -0.3 is 28.4 Å². The van der Waals surface area contributed by atoms with Crippen molar-refractivity contribution in [3.05, 3.63) is 23.8 Å². The van der Waals surface area contributed by atoms with Crippen molar-refractivity contribution in [3.8, 4) is 11.5 Å². The molecule has 1 heterocycles. The molecular formula is C29H47NO8. The van der Waals surface area contributed by atoms with Crippen molar-refractivity contribution in [2.24, 2.45) is 11.8 Å². The number of hydrogen-bond donors (Lipinski definition) is 0. The first-order chi connectivity index (χ1) is 18.0. The van der Waals surface area contributed by atoms with Crippen LogP contribution in [0.4, 0.5) is 9.59 Å². The van der Waals surface area contributed by atoms with Crippen LogP contribution in [0, 0.1) is 11.8 Å². The summed E-state index contributed by atoms with van der Waals surface area (Å²) in [7, 11) is 3.23. The highest BCUT2D eigenvalue weighted by Gasteiger charge is 2.55. The van der Waals surface area contributed by atoms with E-state index in [1.165, 1.54) is 0 Å². The van der Waals surface area contributed by atoms with Crippen molar-refractivity contribution in [2.45, 2.75) is 78.4 Å². The Hall–Kier alpha value is -2.68. The molecule has 0 radical (unpaired) electrons. The lowest BCUT2D eigenvalue weighted by Gasteiger charge is -2.43. The Balaban J connectivity index is 2.56. The highest BCUT2D eigenvalue weighted by atomic mass is 16.7. The molecule has 0 aromatic heterocycles. The number of nitrogens with zero attached hydrogens (tertiary/aromatic N) is 1. The van der Waals surface area contributed by atoms with Gasteiger partial charge in [-0.3, -0.25) is 4.90 Å². The molecular weight excluding hydrogens is 490 g/mol. The second-order valence-corrected chi connectivity index (χ2v) is 11.0. The van der Waals surface area contributed by atoms with Gasteiger partial charge in [0.05, 0.1) is 20.3 Å². The van der Waals surface area contributed by atoms with Gasteiger partial charge in [0.2, 0.25) is 0 Å². The third-order valence-corrected chi connectivity index (χ3v) is 6.72. The number of carbonyl (C=O) groups is 2. The molecule has 0 saturated carbocycles. The van der Waals surface area contributed by atoms with E-state index in [0.717, 1.165) is 24.8 Å². The van der Waals surface area contributed by atoms with Crippen molar-refractivity contribution in [1.29, 1.82) is 0 Å². The second-order valence-electron chi connectivity index (χ2n) is 11.0. The van der Waals surface area contributed by atoms with E-state index in [-0.39, 0.29) is 25.0 Å². The lowest BCUT2D eigenvalue weighted by molar-refractivity contribution is -0.0374. The van der Waals surface area contributed by atoms with Gasteiger partial charge in [0.15, 0.2) is 11.5 Å². The molecule has 1 aromatic carbocycles. The summed E-state index contributed by atoms with van der Waals surface area (Å²) >= 11 is 0. The normalized spacial score (nSPS) is 19.4. The minimum atomic E-state index is -0.989. The topological polar surface area (TPSA) is 92.8 Å². The van der Waals surface area contributed by atoms with Crippen molar-refractivity contribution < 1.29 is 38.0 Å². The van der Waals surface area contributed by atoms with Gasteiger partial charge >= 0.3 is 12.2 Å². The van der Waals surface area contributed by atoms with Crippen LogP contribution in [-0.4, -0.2) is 69.9 Å². The predicted molar refractivity (Wildman–Crippen MR) is 145 cm³/mol. The van der Waals surface area contributed by atoms with Gasteiger partial charge in [0, 0.05) is 26.7 Å². The highest BCUT2D eigenvalue weighted by Crippen LogP contribution is 2.49. The van der Waals surface area contributed by atoms with E-state index in [1.807, 2.05) is 45.9 Å². The van der Waals surface area contributed by atoms with E-state index in [4.69, 9.17) is 28.4 Å². The van der Waals surface area contributed by atoms with Gasteiger partial charge in [-0.25, -0.2) is 9.59 Å². The molecule has 0 N–H and O–H groups in total. The first kappa shape index (κ1) is 31.5. The third-order valence-electron chi connectivity index (χ3n) is 6.72. The van der Waals surface area contributed by atoms with Crippen LogP contribution >= 0.6 is 0 Å². The molecule has 1 aliphatic heterocycles. The fourth-order valence-electron chi connectivity index (χ4n) is 4.96. The molecule has 216 valence electrons. The Labute approximate surface area is 228 Å².